The van der Waals surface area contributed by atoms with Gasteiger partial charge >= 0.3 is 0 Å². The SMILES string of the molecule is CCCC[C@H](CC)C(=O)N1CCC(Nc2cccnc2)CC1. The van der Waals surface area contributed by atoms with Gasteiger partial charge in [0.25, 0.3) is 0 Å². The predicted molar refractivity (Wildman–Crippen MR) is 90.8 cm³/mol. The molecule has 4 heteroatoms. The van der Waals surface area contributed by atoms with E-state index in [2.05, 4.69) is 29.0 Å². The third-order valence-corrected chi connectivity index (χ3v) is 4.59. The number of pyridine rings is 1. The average Bonchev–Trinajstić information content (AvgIpc) is 2.57. The second kappa shape index (κ2) is 8.76. The van der Waals surface area contributed by atoms with Gasteiger partial charge in [0.15, 0.2) is 0 Å². The molecule has 122 valence electrons. The van der Waals surface area contributed by atoms with Gasteiger partial charge in [0, 0.05) is 37.4 Å². The zero-order chi connectivity index (χ0) is 15.8. The van der Waals surface area contributed by atoms with E-state index < -0.39 is 0 Å². The van der Waals surface area contributed by atoms with Crippen LogP contribution in [-0.4, -0.2) is 34.9 Å². The molecule has 0 unspecified atom stereocenters. The van der Waals surface area contributed by atoms with Crippen molar-refractivity contribution in [3.05, 3.63) is 24.5 Å². The Hall–Kier alpha value is -1.58. The lowest BCUT2D eigenvalue weighted by atomic mass is 9.96. The number of carbonyl (C=O) groups excluding carboxylic acids is 1. The van der Waals surface area contributed by atoms with Crippen LogP contribution < -0.4 is 5.32 Å². The largest absolute Gasteiger partial charge is 0.381 e. The Morgan fingerprint density at radius 2 is 2.18 bits per heavy atom. The van der Waals surface area contributed by atoms with E-state index >= 15 is 0 Å². The van der Waals surface area contributed by atoms with Crippen LogP contribution in [0.1, 0.15) is 52.4 Å². The van der Waals surface area contributed by atoms with Gasteiger partial charge in [-0.05, 0) is 37.8 Å². The number of amides is 1. The summed E-state index contributed by atoms with van der Waals surface area (Å²) in [6, 6.07) is 4.44. The highest BCUT2D eigenvalue weighted by Crippen LogP contribution is 2.21. The smallest absolute Gasteiger partial charge is 0.225 e. The van der Waals surface area contributed by atoms with Crippen LogP contribution in [0.25, 0.3) is 0 Å². The van der Waals surface area contributed by atoms with E-state index in [1.54, 1.807) is 6.20 Å². The van der Waals surface area contributed by atoms with E-state index in [4.69, 9.17) is 0 Å². The summed E-state index contributed by atoms with van der Waals surface area (Å²) in [5.74, 6) is 0.596. The van der Waals surface area contributed by atoms with E-state index in [1.807, 2.05) is 18.3 Å². The number of aromatic nitrogens is 1. The van der Waals surface area contributed by atoms with Gasteiger partial charge < -0.3 is 10.2 Å². The summed E-state index contributed by atoms with van der Waals surface area (Å²) in [5, 5.41) is 3.52. The molecule has 4 nitrogen and oxygen atoms in total. The fraction of sp³-hybridized carbons (Fsp3) is 0.667. The minimum Gasteiger partial charge on any atom is -0.381 e. The fourth-order valence-electron chi connectivity index (χ4n) is 3.14. The number of rotatable bonds is 7. The first-order valence-corrected chi connectivity index (χ1v) is 8.70. The Morgan fingerprint density at radius 1 is 1.41 bits per heavy atom. The molecule has 1 N–H and O–H groups in total. The normalized spacial score (nSPS) is 17.3. The first kappa shape index (κ1) is 16.8. The van der Waals surface area contributed by atoms with Crippen LogP contribution in [0, 0.1) is 5.92 Å². The van der Waals surface area contributed by atoms with Crippen molar-refractivity contribution >= 4 is 11.6 Å². The van der Waals surface area contributed by atoms with Crippen molar-refractivity contribution in [2.75, 3.05) is 18.4 Å². The fourth-order valence-corrected chi connectivity index (χ4v) is 3.14. The molecule has 1 fully saturated rings. The molecule has 22 heavy (non-hydrogen) atoms. The van der Waals surface area contributed by atoms with Crippen LogP contribution in [0.5, 0.6) is 0 Å². The molecule has 0 saturated carbocycles. The quantitative estimate of drug-likeness (QED) is 0.835. The molecule has 0 radical (unpaired) electrons. The molecule has 1 aromatic rings. The average molecular weight is 303 g/mol. The lowest BCUT2D eigenvalue weighted by Gasteiger charge is -2.34. The van der Waals surface area contributed by atoms with Crippen molar-refractivity contribution in [1.82, 2.24) is 9.88 Å². The van der Waals surface area contributed by atoms with E-state index in [9.17, 15) is 4.79 Å². The minimum absolute atomic E-state index is 0.225. The number of nitrogens with one attached hydrogen (secondary N) is 1. The van der Waals surface area contributed by atoms with Crippen molar-refractivity contribution in [1.29, 1.82) is 0 Å². The van der Waals surface area contributed by atoms with Crippen LogP contribution in [0.2, 0.25) is 0 Å². The minimum atomic E-state index is 0.225. The summed E-state index contributed by atoms with van der Waals surface area (Å²) in [6.07, 6.45) is 10.0. The van der Waals surface area contributed by atoms with Gasteiger partial charge in [-0.25, -0.2) is 0 Å². The zero-order valence-electron chi connectivity index (χ0n) is 13.9. The van der Waals surface area contributed by atoms with Crippen molar-refractivity contribution < 1.29 is 4.79 Å². The molecule has 0 spiro atoms. The molecule has 2 rings (SSSR count). The summed E-state index contributed by atoms with van der Waals surface area (Å²) < 4.78 is 0. The second-order valence-electron chi connectivity index (χ2n) is 6.23. The van der Waals surface area contributed by atoms with Crippen LogP contribution in [0.3, 0.4) is 0 Å². The Balaban J connectivity index is 1.79. The molecule has 0 aromatic carbocycles. The molecule has 1 aromatic heterocycles. The Bertz CT molecular complexity index is 441. The van der Waals surface area contributed by atoms with Crippen molar-refractivity contribution in [3.8, 4) is 0 Å². The van der Waals surface area contributed by atoms with Gasteiger partial charge in [0.2, 0.25) is 5.91 Å². The summed E-state index contributed by atoms with van der Waals surface area (Å²) in [4.78, 5) is 18.8. The second-order valence-corrected chi connectivity index (χ2v) is 6.23. The van der Waals surface area contributed by atoms with Crippen LogP contribution in [0.4, 0.5) is 5.69 Å². The molecule has 1 atom stereocenters. The molecule has 0 aliphatic carbocycles. The van der Waals surface area contributed by atoms with Crippen molar-refractivity contribution in [2.24, 2.45) is 5.92 Å². The summed E-state index contributed by atoms with van der Waals surface area (Å²) in [6.45, 7) is 6.07. The van der Waals surface area contributed by atoms with Gasteiger partial charge in [-0.15, -0.1) is 0 Å². The van der Waals surface area contributed by atoms with E-state index in [-0.39, 0.29) is 5.92 Å². The predicted octanol–water partition coefficient (Wildman–Crippen LogP) is 3.70. The first-order chi connectivity index (χ1) is 10.7. The molecule has 1 aliphatic heterocycles. The maximum Gasteiger partial charge on any atom is 0.225 e. The van der Waals surface area contributed by atoms with E-state index in [0.29, 0.717) is 11.9 Å². The molecular weight excluding hydrogens is 274 g/mol. The van der Waals surface area contributed by atoms with Crippen LogP contribution >= 0.6 is 0 Å². The number of carbonyl (C=O) groups is 1. The van der Waals surface area contributed by atoms with Crippen molar-refractivity contribution in [3.63, 3.8) is 0 Å². The van der Waals surface area contributed by atoms with Gasteiger partial charge in [0.1, 0.15) is 0 Å². The summed E-state index contributed by atoms with van der Waals surface area (Å²) >= 11 is 0. The van der Waals surface area contributed by atoms with Gasteiger partial charge in [-0.1, -0.05) is 26.7 Å². The Kier molecular flexibility index (Phi) is 6.69. The van der Waals surface area contributed by atoms with Crippen LogP contribution in [0.15, 0.2) is 24.5 Å². The number of hydrogen-bond donors (Lipinski definition) is 1. The van der Waals surface area contributed by atoms with E-state index in [1.165, 1.54) is 6.42 Å². The number of hydrogen-bond acceptors (Lipinski definition) is 3. The highest BCUT2D eigenvalue weighted by molar-refractivity contribution is 5.78. The zero-order valence-corrected chi connectivity index (χ0v) is 13.9. The number of unbranched alkanes of at least 4 members (excludes halogenated alkanes) is 1. The number of likely N-dealkylation sites (tertiary alicyclic amines) is 1. The number of nitrogens with zero attached hydrogens (tertiary/aromatic N) is 2. The van der Waals surface area contributed by atoms with Gasteiger partial charge in [0.05, 0.1) is 5.69 Å². The highest BCUT2D eigenvalue weighted by atomic mass is 16.2. The lowest BCUT2D eigenvalue weighted by Crippen LogP contribution is -2.44. The van der Waals surface area contributed by atoms with Gasteiger partial charge in [-0.2, -0.15) is 0 Å². The third-order valence-electron chi connectivity index (χ3n) is 4.59. The monoisotopic (exact) mass is 303 g/mol. The number of piperidine rings is 1. The Morgan fingerprint density at radius 3 is 2.77 bits per heavy atom. The van der Waals surface area contributed by atoms with Gasteiger partial charge in [-0.3, -0.25) is 9.78 Å². The standard InChI is InChI=1S/C18H29N3O/c1-3-5-7-15(4-2)18(22)21-12-9-16(10-13-21)20-17-8-6-11-19-14-17/h6,8,11,14-16,20H,3-5,7,9-10,12-13H2,1-2H3/t15-/m0/s1. The highest BCUT2D eigenvalue weighted by Gasteiger charge is 2.26. The molecule has 2 heterocycles. The molecule has 1 saturated heterocycles. The molecule has 1 aliphatic rings. The third kappa shape index (κ3) is 4.72. The molecular formula is C18H29N3O. The maximum atomic E-state index is 12.6. The molecule has 1 amide bonds. The van der Waals surface area contributed by atoms with Crippen molar-refractivity contribution in [2.45, 2.75) is 58.4 Å². The van der Waals surface area contributed by atoms with E-state index in [0.717, 1.165) is 50.9 Å². The van der Waals surface area contributed by atoms with Crippen LogP contribution in [-0.2, 0) is 4.79 Å². The molecule has 0 bridgehead atoms. The first-order valence-electron chi connectivity index (χ1n) is 8.70. The summed E-state index contributed by atoms with van der Waals surface area (Å²) in [5.41, 5.74) is 1.07. The Labute approximate surface area is 134 Å². The maximum absolute atomic E-state index is 12.6. The lowest BCUT2D eigenvalue weighted by molar-refractivity contribution is -0.136. The topological polar surface area (TPSA) is 45.2 Å². The summed E-state index contributed by atoms with van der Waals surface area (Å²) in [7, 11) is 0. The number of anilines is 1.